The number of aryl methyl sites for hydroxylation is 1. The lowest BCUT2D eigenvalue weighted by atomic mass is 9.93. The second kappa shape index (κ2) is 8.81. The van der Waals surface area contributed by atoms with Crippen molar-refractivity contribution in [1.29, 1.82) is 0 Å². The van der Waals surface area contributed by atoms with Crippen LogP contribution in [0.25, 0.3) is 0 Å². The van der Waals surface area contributed by atoms with E-state index in [0.717, 1.165) is 18.4 Å². The molecule has 2 rings (SSSR count). The Morgan fingerprint density at radius 1 is 1.33 bits per heavy atom. The van der Waals surface area contributed by atoms with Gasteiger partial charge in [-0.15, -0.1) is 0 Å². The second-order valence-corrected chi connectivity index (χ2v) is 5.43. The Morgan fingerprint density at radius 2 is 2.08 bits per heavy atom. The molecular formula is C17H21N3O4. The van der Waals surface area contributed by atoms with Gasteiger partial charge >= 0.3 is 11.7 Å². The van der Waals surface area contributed by atoms with Gasteiger partial charge in [-0.3, -0.25) is 19.6 Å². The van der Waals surface area contributed by atoms with Crippen LogP contribution in [0.5, 0.6) is 0 Å². The predicted octanol–water partition coefficient (Wildman–Crippen LogP) is 3.31. The lowest BCUT2D eigenvalue weighted by Crippen LogP contribution is -2.16. The van der Waals surface area contributed by atoms with E-state index < -0.39 is 4.92 Å². The highest BCUT2D eigenvalue weighted by molar-refractivity contribution is 5.78. The van der Waals surface area contributed by atoms with Gasteiger partial charge in [0.1, 0.15) is 12.4 Å². The van der Waals surface area contributed by atoms with Crippen LogP contribution < -0.4 is 0 Å². The first-order valence-electron chi connectivity index (χ1n) is 8.00. The fraction of sp³-hybridized carbons (Fsp3) is 0.412. The average Bonchev–Trinajstić information content (AvgIpc) is 3.05. The number of carbonyl (C=O) groups is 1. The second-order valence-electron chi connectivity index (χ2n) is 5.43. The minimum Gasteiger partial charge on any atom is -0.466 e. The lowest BCUT2D eigenvalue weighted by molar-refractivity contribution is -0.385. The van der Waals surface area contributed by atoms with E-state index in [9.17, 15) is 14.9 Å². The Kier molecular flexibility index (Phi) is 6.48. The maximum absolute atomic E-state index is 12.2. The summed E-state index contributed by atoms with van der Waals surface area (Å²) in [6.45, 7) is 2.74. The van der Waals surface area contributed by atoms with E-state index >= 15 is 0 Å². The van der Waals surface area contributed by atoms with Crippen LogP contribution in [0.15, 0.2) is 42.7 Å². The third-order valence-corrected chi connectivity index (χ3v) is 3.73. The maximum Gasteiger partial charge on any atom is 0.313 e. The summed E-state index contributed by atoms with van der Waals surface area (Å²) in [6, 6.07) is 9.59. The number of unbranched alkanes of at least 4 members (excludes halogenated alkanes) is 1. The fourth-order valence-corrected chi connectivity index (χ4v) is 2.54. The summed E-state index contributed by atoms with van der Waals surface area (Å²) in [5.74, 6) is -0.489. The summed E-state index contributed by atoms with van der Waals surface area (Å²) in [5, 5.41) is 14.6. The third-order valence-electron chi connectivity index (χ3n) is 3.73. The smallest absolute Gasteiger partial charge is 0.313 e. The van der Waals surface area contributed by atoms with Crippen molar-refractivity contribution in [1.82, 2.24) is 9.78 Å². The Hall–Kier alpha value is -2.70. The van der Waals surface area contributed by atoms with Crippen molar-refractivity contribution in [3.63, 3.8) is 0 Å². The molecular weight excluding hydrogens is 310 g/mol. The molecule has 24 heavy (non-hydrogen) atoms. The molecule has 0 aliphatic rings. The van der Waals surface area contributed by atoms with E-state index in [4.69, 9.17) is 4.74 Å². The molecule has 2 aromatic rings. The molecule has 0 aliphatic heterocycles. The zero-order valence-electron chi connectivity index (χ0n) is 13.6. The Labute approximate surface area is 140 Å². The Morgan fingerprint density at radius 3 is 2.71 bits per heavy atom. The number of aromatic nitrogens is 2. The van der Waals surface area contributed by atoms with E-state index in [1.54, 1.807) is 11.6 Å². The van der Waals surface area contributed by atoms with Crippen molar-refractivity contribution in [3.05, 3.63) is 58.4 Å². The van der Waals surface area contributed by atoms with E-state index in [1.165, 1.54) is 12.4 Å². The molecule has 1 aromatic carbocycles. The molecule has 0 amide bonds. The standard InChI is InChI=1S/C17H21N3O4/c1-2-24-17(21)16(14-8-4-3-5-9-14)10-6-7-11-19-13-15(12-18-19)20(22)23/h3-5,8-9,12-13,16H,2,6-7,10-11H2,1H3. The summed E-state index contributed by atoms with van der Waals surface area (Å²) in [6.07, 6.45) is 4.91. The molecule has 0 N–H and O–H groups in total. The van der Waals surface area contributed by atoms with Crippen LogP contribution in [0.1, 0.15) is 37.7 Å². The SMILES string of the molecule is CCOC(=O)C(CCCCn1cc([N+](=O)[O-])cn1)c1ccccc1. The largest absolute Gasteiger partial charge is 0.466 e. The molecule has 1 aromatic heterocycles. The fourth-order valence-electron chi connectivity index (χ4n) is 2.54. The number of esters is 1. The highest BCUT2D eigenvalue weighted by atomic mass is 16.6. The molecule has 0 bridgehead atoms. The zero-order chi connectivity index (χ0) is 17.4. The van der Waals surface area contributed by atoms with Crippen molar-refractivity contribution >= 4 is 11.7 Å². The first kappa shape index (κ1) is 17.7. The van der Waals surface area contributed by atoms with Crippen LogP contribution >= 0.6 is 0 Å². The van der Waals surface area contributed by atoms with Crippen molar-refractivity contribution in [2.75, 3.05) is 6.61 Å². The lowest BCUT2D eigenvalue weighted by Gasteiger charge is -2.15. The van der Waals surface area contributed by atoms with Gasteiger partial charge in [-0.25, -0.2) is 0 Å². The summed E-state index contributed by atoms with van der Waals surface area (Å²) < 4.78 is 6.73. The van der Waals surface area contributed by atoms with E-state index in [-0.39, 0.29) is 17.6 Å². The Bertz CT molecular complexity index is 669. The minimum absolute atomic E-state index is 0.0105. The number of hydrogen-bond donors (Lipinski definition) is 0. The normalized spacial score (nSPS) is 11.9. The first-order chi connectivity index (χ1) is 11.6. The number of carbonyl (C=O) groups excluding carboxylic acids is 1. The molecule has 0 saturated heterocycles. The first-order valence-corrected chi connectivity index (χ1v) is 8.00. The molecule has 7 nitrogen and oxygen atoms in total. The molecule has 0 fully saturated rings. The summed E-state index contributed by atoms with van der Waals surface area (Å²) in [7, 11) is 0. The van der Waals surface area contributed by atoms with Crippen LogP contribution in [0.2, 0.25) is 0 Å². The molecule has 128 valence electrons. The van der Waals surface area contributed by atoms with Crippen LogP contribution in [0, 0.1) is 10.1 Å². The monoisotopic (exact) mass is 331 g/mol. The van der Waals surface area contributed by atoms with E-state index in [2.05, 4.69) is 5.10 Å². The number of nitro groups is 1. The van der Waals surface area contributed by atoms with Crippen molar-refractivity contribution in [3.8, 4) is 0 Å². The van der Waals surface area contributed by atoms with Crippen molar-refractivity contribution < 1.29 is 14.5 Å². The Balaban J connectivity index is 1.88. The number of benzene rings is 1. The molecule has 1 heterocycles. The van der Waals surface area contributed by atoms with Gasteiger partial charge in [0.2, 0.25) is 0 Å². The molecule has 0 radical (unpaired) electrons. The van der Waals surface area contributed by atoms with Crippen molar-refractivity contribution in [2.24, 2.45) is 0 Å². The number of ether oxygens (including phenoxy) is 1. The molecule has 1 atom stereocenters. The van der Waals surface area contributed by atoms with Crippen LogP contribution in [0.3, 0.4) is 0 Å². The number of hydrogen-bond acceptors (Lipinski definition) is 5. The van der Waals surface area contributed by atoms with Gasteiger partial charge in [0.15, 0.2) is 0 Å². The van der Waals surface area contributed by atoms with Crippen LogP contribution in [-0.2, 0) is 16.1 Å². The van der Waals surface area contributed by atoms with Gasteiger partial charge in [0.05, 0.1) is 17.4 Å². The molecule has 0 aliphatic carbocycles. The predicted molar refractivity (Wildman–Crippen MR) is 88.5 cm³/mol. The number of nitrogens with zero attached hydrogens (tertiary/aromatic N) is 3. The highest BCUT2D eigenvalue weighted by Gasteiger charge is 2.21. The number of rotatable bonds is 9. The van der Waals surface area contributed by atoms with Gasteiger partial charge in [-0.2, -0.15) is 5.10 Å². The summed E-state index contributed by atoms with van der Waals surface area (Å²) >= 11 is 0. The molecule has 7 heteroatoms. The van der Waals surface area contributed by atoms with Crippen LogP contribution in [0.4, 0.5) is 5.69 Å². The average molecular weight is 331 g/mol. The van der Waals surface area contributed by atoms with E-state index in [0.29, 0.717) is 19.6 Å². The van der Waals surface area contributed by atoms with Gasteiger partial charge in [0.25, 0.3) is 0 Å². The van der Waals surface area contributed by atoms with Gasteiger partial charge in [0, 0.05) is 6.54 Å². The maximum atomic E-state index is 12.2. The van der Waals surface area contributed by atoms with Gasteiger partial charge in [-0.1, -0.05) is 36.8 Å². The van der Waals surface area contributed by atoms with Gasteiger partial charge < -0.3 is 4.74 Å². The highest BCUT2D eigenvalue weighted by Crippen LogP contribution is 2.24. The van der Waals surface area contributed by atoms with Crippen LogP contribution in [-0.4, -0.2) is 27.3 Å². The zero-order valence-corrected chi connectivity index (χ0v) is 13.6. The van der Waals surface area contributed by atoms with Crippen molar-refractivity contribution in [2.45, 2.75) is 38.6 Å². The summed E-state index contributed by atoms with van der Waals surface area (Å²) in [5.41, 5.74) is 0.939. The topological polar surface area (TPSA) is 87.3 Å². The molecule has 0 spiro atoms. The minimum atomic E-state index is -0.463. The van der Waals surface area contributed by atoms with E-state index in [1.807, 2.05) is 30.3 Å². The summed E-state index contributed by atoms with van der Waals surface area (Å²) in [4.78, 5) is 22.3. The quantitative estimate of drug-likeness (QED) is 0.304. The molecule has 0 saturated carbocycles. The molecule has 1 unspecified atom stereocenters. The third kappa shape index (κ3) is 4.91. The van der Waals surface area contributed by atoms with Gasteiger partial charge in [-0.05, 0) is 25.3 Å².